The summed E-state index contributed by atoms with van der Waals surface area (Å²) in [6, 6.07) is 0. The lowest BCUT2D eigenvalue weighted by molar-refractivity contribution is 0.522. The lowest BCUT2D eigenvalue weighted by atomic mass is 10.7. The van der Waals surface area contributed by atoms with Gasteiger partial charge in [-0.15, -0.1) is 4.68 Å². The molecule has 1 N–H and O–H groups in total. The summed E-state index contributed by atoms with van der Waals surface area (Å²) in [5.74, 6) is 0.493. The Bertz CT molecular complexity index is 483. The highest BCUT2D eigenvalue weighted by Crippen LogP contribution is 2.18. The van der Waals surface area contributed by atoms with Crippen molar-refractivity contribution in [2.75, 3.05) is 0 Å². The highest BCUT2D eigenvalue weighted by atomic mass is 35.5. The maximum atomic E-state index is 11.0. The van der Waals surface area contributed by atoms with Crippen LogP contribution in [0.5, 0.6) is 0 Å². The van der Waals surface area contributed by atoms with Gasteiger partial charge >= 0.3 is 5.69 Å². The molecule has 0 spiro atoms. The van der Waals surface area contributed by atoms with Crippen LogP contribution < -0.4 is 5.69 Å². The average molecular weight is 202 g/mol. The van der Waals surface area contributed by atoms with Crippen molar-refractivity contribution in [3.63, 3.8) is 0 Å². The minimum atomic E-state index is -0.518. The van der Waals surface area contributed by atoms with Crippen LogP contribution in [0, 0.1) is 6.92 Å². The largest absolute Gasteiger partial charge is 0.427 e. The molecule has 7 nitrogen and oxygen atoms in total. The average Bonchev–Trinajstić information content (AvgIpc) is 2.58. The highest BCUT2D eigenvalue weighted by Gasteiger charge is 2.13. The van der Waals surface area contributed by atoms with Gasteiger partial charge in [0.2, 0.25) is 11.0 Å². The summed E-state index contributed by atoms with van der Waals surface area (Å²) < 4.78 is 5.82. The molecule has 0 saturated carbocycles. The maximum absolute atomic E-state index is 11.0. The summed E-state index contributed by atoms with van der Waals surface area (Å²) >= 11 is 5.64. The summed E-state index contributed by atoms with van der Waals surface area (Å²) in [7, 11) is 0. The van der Waals surface area contributed by atoms with Crippen LogP contribution in [-0.4, -0.2) is 25.2 Å². The number of nitrogens with zero attached hydrogens (tertiary/aromatic N) is 4. The first-order valence-corrected chi connectivity index (χ1v) is 3.70. The van der Waals surface area contributed by atoms with E-state index in [0.717, 1.165) is 4.68 Å². The molecular formula is C5H4ClN5O2. The number of aromatic nitrogens is 5. The molecule has 8 heteroatoms. The fourth-order valence-electron chi connectivity index (χ4n) is 0.858. The number of hydrogen-bond donors (Lipinski definition) is 1. The third-order valence-corrected chi connectivity index (χ3v) is 1.60. The van der Waals surface area contributed by atoms with Crippen LogP contribution in [-0.2, 0) is 0 Å². The number of oxazole rings is 1. The molecule has 0 atom stereocenters. The van der Waals surface area contributed by atoms with Crippen molar-refractivity contribution in [2.24, 2.45) is 0 Å². The van der Waals surface area contributed by atoms with Crippen LogP contribution >= 0.6 is 11.6 Å². The Balaban J connectivity index is 2.65. The number of aryl methyl sites for hydroxylation is 1. The molecule has 2 heterocycles. The molecule has 13 heavy (non-hydrogen) atoms. The Morgan fingerprint density at radius 3 is 2.85 bits per heavy atom. The molecule has 68 valence electrons. The van der Waals surface area contributed by atoms with Gasteiger partial charge in [0.15, 0.2) is 5.89 Å². The van der Waals surface area contributed by atoms with Crippen molar-refractivity contribution in [1.82, 2.24) is 25.2 Å². The van der Waals surface area contributed by atoms with Crippen molar-refractivity contribution >= 4 is 11.6 Å². The molecule has 0 radical (unpaired) electrons. The molecule has 0 aromatic carbocycles. The Hall–Kier alpha value is -1.63. The normalized spacial score (nSPS) is 10.6. The van der Waals surface area contributed by atoms with Gasteiger partial charge in [-0.2, -0.15) is 4.98 Å². The summed E-state index contributed by atoms with van der Waals surface area (Å²) in [6.45, 7) is 1.61. The van der Waals surface area contributed by atoms with Crippen LogP contribution in [0.3, 0.4) is 0 Å². The molecule has 0 bridgehead atoms. The Kier molecular flexibility index (Phi) is 1.66. The minimum absolute atomic E-state index is 0.00787. The predicted octanol–water partition coefficient (Wildman–Crippen LogP) is -0.0946. The van der Waals surface area contributed by atoms with Gasteiger partial charge in [0, 0.05) is 6.92 Å². The van der Waals surface area contributed by atoms with Crippen molar-refractivity contribution in [1.29, 1.82) is 0 Å². The molecule has 0 unspecified atom stereocenters. The molecule has 0 aliphatic rings. The van der Waals surface area contributed by atoms with Crippen LogP contribution in [0.1, 0.15) is 5.89 Å². The molecule has 0 fully saturated rings. The monoisotopic (exact) mass is 201 g/mol. The highest BCUT2D eigenvalue weighted by molar-refractivity contribution is 6.30. The number of nitrogens with one attached hydrogen (secondary N) is 1. The van der Waals surface area contributed by atoms with E-state index in [2.05, 4.69) is 20.5 Å². The fourth-order valence-corrected chi connectivity index (χ4v) is 1.09. The van der Waals surface area contributed by atoms with Gasteiger partial charge in [-0.1, -0.05) is 0 Å². The van der Waals surface area contributed by atoms with Crippen LogP contribution in [0.15, 0.2) is 9.21 Å². The van der Waals surface area contributed by atoms with Gasteiger partial charge in [-0.3, -0.25) is 0 Å². The second-order valence-electron chi connectivity index (χ2n) is 2.25. The van der Waals surface area contributed by atoms with E-state index in [1.54, 1.807) is 6.92 Å². The lowest BCUT2D eigenvalue weighted by Gasteiger charge is -1.87. The number of rotatable bonds is 1. The number of H-pyrrole nitrogens is 1. The second kappa shape index (κ2) is 2.70. The smallest absolute Gasteiger partial charge is 0.367 e. The van der Waals surface area contributed by atoms with E-state index in [-0.39, 0.29) is 11.0 Å². The van der Waals surface area contributed by atoms with Crippen molar-refractivity contribution in [3.05, 3.63) is 21.6 Å². The third kappa shape index (κ3) is 1.22. The van der Waals surface area contributed by atoms with E-state index in [1.807, 2.05) is 0 Å². The standard InChI is InChI=1S/C5H4ClN5O2/c1-2-7-4(3(6)13-2)11-5(12)8-9-10-11/h1H3,(H,8,10,12). The topological polar surface area (TPSA) is 89.6 Å². The van der Waals surface area contributed by atoms with Crippen molar-refractivity contribution in [3.8, 4) is 5.82 Å². The van der Waals surface area contributed by atoms with E-state index in [1.165, 1.54) is 0 Å². The van der Waals surface area contributed by atoms with Gasteiger partial charge in [-0.05, 0) is 22.0 Å². The van der Waals surface area contributed by atoms with Crippen LogP contribution in [0.2, 0.25) is 5.22 Å². The SMILES string of the molecule is Cc1nc(-n2nn[nH]c2=O)c(Cl)o1. The number of tetrazole rings is 1. The molecule has 2 rings (SSSR count). The quantitative estimate of drug-likeness (QED) is 0.696. The van der Waals surface area contributed by atoms with Crippen molar-refractivity contribution in [2.45, 2.75) is 6.92 Å². The second-order valence-corrected chi connectivity index (χ2v) is 2.59. The number of aromatic amines is 1. The van der Waals surface area contributed by atoms with Gasteiger partial charge in [0.05, 0.1) is 0 Å². The maximum Gasteiger partial charge on any atom is 0.367 e. The zero-order chi connectivity index (χ0) is 9.42. The zero-order valence-corrected chi connectivity index (χ0v) is 7.24. The first-order valence-electron chi connectivity index (χ1n) is 3.32. The third-order valence-electron chi connectivity index (χ3n) is 1.35. The summed E-state index contributed by atoms with van der Waals surface area (Å²) in [5, 5.41) is 8.85. The molecule has 0 saturated heterocycles. The minimum Gasteiger partial charge on any atom is -0.427 e. The molecule has 0 amide bonds. The molecule has 2 aromatic heterocycles. The lowest BCUT2D eigenvalue weighted by Crippen LogP contribution is -2.16. The summed E-state index contributed by atoms with van der Waals surface area (Å²) in [6.07, 6.45) is 0. The fraction of sp³-hybridized carbons (Fsp3) is 0.200. The van der Waals surface area contributed by atoms with E-state index in [0.29, 0.717) is 5.89 Å². The molecule has 0 aliphatic carbocycles. The van der Waals surface area contributed by atoms with Gasteiger partial charge < -0.3 is 4.42 Å². The number of hydrogen-bond acceptors (Lipinski definition) is 5. The molecule has 2 aromatic rings. The van der Waals surface area contributed by atoms with E-state index in [4.69, 9.17) is 16.0 Å². The summed E-state index contributed by atoms with van der Waals surface area (Å²) in [4.78, 5) is 14.9. The van der Waals surface area contributed by atoms with Crippen LogP contribution in [0.4, 0.5) is 0 Å². The first-order chi connectivity index (χ1) is 6.18. The Morgan fingerprint density at radius 2 is 2.38 bits per heavy atom. The van der Waals surface area contributed by atoms with Gasteiger partial charge in [-0.25, -0.2) is 9.89 Å². The zero-order valence-electron chi connectivity index (χ0n) is 6.48. The number of halogens is 1. The van der Waals surface area contributed by atoms with Gasteiger partial charge in [0.1, 0.15) is 0 Å². The first kappa shape index (κ1) is 7.99. The molecular weight excluding hydrogens is 198 g/mol. The van der Waals surface area contributed by atoms with E-state index >= 15 is 0 Å². The van der Waals surface area contributed by atoms with Gasteiger partial charge in [0.25, 0.3) is 0 Å². The summed E-state index contributed by atoms with van der Waals surface area (Å²) in [5.41, 5.74) is -0.518. The predicted molar refractivity (Wildman–Crippen MR) is 41.8 cm³/mol. The Morgan fingerprint density at radius 1 is 1.62 bits per heavy atom. The van der Waals surface area contributed by atoms with Crippen LogP contribution in [0.25, 0.3) is 5.82 Å². The molecule has 0 aliphatic heterocycles. The Labute approximate surface area is 76.3 Å². The van der Waals surface area contributed by atoms with E-state index in [9.17, 15) is 4.79 Å². The van der Waals surface area contributed by atoms with Crippen molar-refractivity contribution < 1.29 is 4.42 Å². The van der Waals surface area contributed by atoms with E-state index < -0.39 is 5.69 Å².